The van der Waals surface area contributed by atoms with Crippen molar-refractivity contribution < 1.29 is 0 Å². The molecule has 0 bridgehead atoms. The number of anilines is 1. The van der Waals surface area contributed by atoms with Gasteiger partial charge in [-0.2, -0.15) is 0 Å². The third-order valence-electron chi connectivity index (χ3n) is 2.67. The van der Waals surface area contributed by atoms with Crippen molar-refractivity contribution in [1.29, 1.82) is 0 Å². The van der Waals surface area contributed by atoms with Gasteiger partial charge < -0.3 is 5.73 Å². The predicted molar refractivity (Wildman–Crippen MR) is 60.9 cm³/mol. The first-order chi connectivity index (χ1) is 7.24. The van der Waals surface area contributed by atoms with Gasteiger partial charge in [-0.25, -0.2) is 9.97 Å². The number of nitrogens with two attached hydrogens (primary N) is 1. The van der Waals surface area contributed by atoms with Crippen LogP contribution in [0.4, 0.5) is 5.95 Å². The number of hydrogen-bond donors (Lipinski definition) is 1. The van der Waals surface area contributed by atoms with Crippen LogP contribution >= 0.6 is 11.6 Å². The Labute approximate surface area is 92.3 Å². The number of benzene rings is 1. The van der Waals surface area contributed by atoms with Gasteiger partial charge in [0.1, 0.15) is 0 Å². The lowest BCUT2D eigenvalue weighted by Crippen LogP contribution is -1.99. The number of hydrogen-bond acceptors (Lipinski definition) is 3. The number of nitrogen functional groups attached to an aromatic ring is 1. The zero-order valence-electron chi connectivity index (χ0n) is 8.07. The number of aromatic nitrogens is 2. The van der Waals surface area contributed by atoms with Crippen LogP contribution < -0.4 is 5.73 Å². The minimum Gasteiger partial charge on any atom is -0.368 e. The summed E-state index contributed by atoms with van der Waals surface area (Å²) in [5.74, 6) is 0.906. The van der Waals surface area contributed by atoms with Crippen molar-refractivity contribution in [3.8, 4) is 0 Å². The Morgan fingerprint density at radius 1 is 1.27 bits per heavy atom. The normalized spacial score (nSPS) is 15.8. The lowest BCUT2D eigenvalue weighted by molar-refractivity contribution is 1.03. The molecular weight excluding hydrogens is 210 g/mol. The molecule has 4 heteroatoms. The van der Waals surface area contributed by atoms with E-state index in [1.54, 1.807) is 0 Å². The molecule has 1 aliphatic carbocycles. The third-order valence-corrected chi connectivity index (χ3v) is 2.90. The molecule has 0 spiro atoms. The van der Waals surface area contributed by atoms with E-state index in [0.29, 0.717) is 11.9 Å². The van der Waals surface area contributed by atoms with Crippen LogP contribution in [-0.2, 0) is 0 Å². The van der Waals surface area contributed by atoms with Crippen molar-refractivity contribution in [3.05, 3.63) is 28.9 Å². The molecule has 0 unspecified atom stereocenters. The summed E-state index contributed by atoms with van der Waals surface area (Å²) in [6, 6.07) is 5.64. The third kappa shape index (κ3) is 1.53. The first-order valence-corrected chi connectivity index (χ1v) is 5.34. The molecule has 1 saturated carbocycles. The van der Waals surface area contributed by atoms with E-state index in [4.69, 9.17) is 17.3 Å². The average Bonchev–Trinajstić information content (AvgIpc) is 3.01. The lowest BCUT2D eigenvalue weighted by Gasteiger charge is -2.05. The fourth-order valence-electron chi connectivity index (χ4n) is 1.81. The fourth-order valence-corrected chi connectivity index (χ4v) is 1.98. The molecule has 1 aliphatic rings. The highest BCUT2D eigenvalue weighted by Crippen LogP contribution is 2.42. The number of nitrogens with zero attached hydrogens (tertiary/aromatic N) is 2. The van der Waals surface area contributed by atoms with E-state index in [0.717, 1.165) is 21.6 Å². The summed E-state index contributed by atoms with van der Waals surface area (Å²) in [6.45, 7) is 0. The van der Waals surface area contributed by atoms with Crippen molar-refractivity contribution in [2.75, 3.05) is 5.73 Å². The highest BCUT2D eigenvalue weighted by Gasteiger charge is 2.27. The molecule has 2 aromatic rings. The van der Waals surface area contributed by atoms with E-state index in [9.17, 15) is 0 Å². The molecule has 0 atom stereocenters. The molecule has 1 fully saturated rings. The van der Waals surface area contributed by atoms with Gasteiger partial charge >= 0.3 is 0 Å². The summed E-state index contributed by atoms with van der Waals surface area (Å²) in [6.07, 6.45) is 2.39. The van der Waals surface area contributed by atoms with Crippen LogP contribution in [0.15, 0.2) is 18.2 Å². The number of rotatable bonds is 1. The van der Waals surface area contributed by atoms with Gasteiger partial charge in [-0.15, -0.1) is 0 Å². The van der Waals surface area contributed by atoms with Gasteiger partial charge in [0, 0.05) is 16.3 Å². The Morgan fingerprint density at radius 3 is 2.80 bits per heavy atom. The second-order valence-electron chi connectivity index (χ2n) is 3.90. The van der Waals surface area contributed by atoms with Crippen molar-refractivity contribution >= 4 is 28.5 Å². The second-order valence-corrected chi connectivity index (χ2v) is 4.34. The summed E-state index contributed by atoms with van der Waals surface area (Å²) in [5, 5.41) is 1.76. The maximum Gasteiger partial charge on any atom is 0.220 e. The monoisotopic (exact) mass is 219 g/mol. The average molecular weight is 220 g/mol. The Hall–Kier alpha value is -1.35. The molecular formula is C11H10ClN3. The highest BCUT2D eigenvalue weighted by molar-refractivity contribution is 6.31. The van der Waals surface area contributed by atoms with E-state index in [-0.39, 0.29) is 0 Å². The van der Waals surface area contributed by atoms with E-state index < -0.39 is 0 Å². The lowest BCUT2D eigenvalue weighted by atomic mass is 10.1. The molecule has 2 N–H and O–H groups in total. The van der Waals surface area contributed by atoms with Crippen LogP contribution in [0.25, 0.3) is 10.9 Å². The summed E-state index contributed by atoms with van der Waals surface area (Å²) >= 11 is 5.97. The summed E-state index contributed by atoms with van der Waals surface area (Å²) in [4.78, 5) is 8.51. The minimum atomic E-state index is 0.353. The Bertz CT molecular complexity index is 535. The predicted octanol–water partition coefficient (Wildman–Crippen LogP) is 2.74. The maximum atomic E-state index is 5.97. The van der Waals surface area contributed by atoms with Crippen LogP contribution in [0, 0.1) is 0 Å². The standard InChI is InChI=1S/C11H10ClN3/c12-7-3-4-9-8(5-7)10(6-1-2-6)15-11(13)14-9/h3-6H,1-2H2,(H2,13,14,15). The topological polar surface area (TPSA) is 51.8 Å². The molecule has 1 aromatic heterocycles. The minimum absolute atomic E-state index is 0.353. The van der Waals surface area contributed by atoms with Crippen LogP contribution in [0.5, 0.6) is 0 Å². The molecule has 3 nitrogen and oxygen atoms in total. The Balaban J connectivity index is 2.34. The summed E-state index contributed by atoms with van der Waals surface area (Å²) in [5.41, 5.74) is 7.61. The maximum absolute atomic E-state index is 5.97. The molecule has 0 aliphatic heterocycles. The molecule has 76 valence electrons. The van der Waals surface area contributed by atoms with E-state index in [1.165, 1.54) is 12.8 Å². The van der Waals surface area contributed by atoms with Gasteiger partial charge in [-0.3, -0.25) is 0 Å². The molecule has 15 heavy (non-hydrogen) atoms. The van der Waals surface area contributed by atoms with Gasteiger partial charge in [0.15, 0.2) is 0 Å². The molecule has 1 aromatic carbocycles. The zero-order valence-corrected chi connectivity index (χ0v) is 8.83. The zero-order chi connectivity index (χ0) is 10.4. The quantitative estimate of drug-likeness (QED) is 0.803. The van der Waals surface area contributed by atoms with E-state index in [2.05, 4.69) is 9.97 Å². The van der Waals surface area contributed by atoms with Gasteiger partial charge in [0.2, 0.25) is 5.95 Å². The van der Waals surface area contributed by atoms with Crippen molar-refractivity contribution in [2.24, 2.45) is 0 Å². The smallest absolute Gasteiger partial charge is 0.220 e. The van der Waals surface area contributed by atoms with Gasteiger partial charge in [-0.1, -0.05) is 11.6 Å². The first kappa shape index (κ1) is 8.92. The van der Waals surface area contributed by atoms with Gasteiger partial charge in [0.05, 0.1) is 11.2 Å². The highest BCUT2D eigenvalue weighted by atomic mass is 35.5. The summed E-state index contributed by atoms with van der Waals surface area (Å²) < 4.78 is 0. The van der Waals surface area contributed by atoms with Crippen molar-refractivity contribution in [3.63, 3.8) is 0 Å². The van der Waals surface area contributed by atoms with Crippen molar-refractivity contribution in [2.45, 2.75) is 18.8 Å². The number of halogens is 1. The molecule has 3 rings (SSSR count). The van der Waals surface area contributed by atoms with E-state index >= 15 is 0 Å². The van der Waals surface area contributed by atoms with E-state index in [1.807, 2.05) is 18.2 Å². The van der Waals surface area contributed by atoms with Crippen LogP contribution in [0.1, 0.15) is 24.5 Å². The SMILES string of the molecule is Nc1nc(C2CC2)c2cc(Cl)ccc2n1. The second kappa shape index (κ2) is 3.07. The molecule has 1 heterocycles. The van der Waals surface area contributed by atoms with Crippen LogP contribution in [0.3, 0.4) is 0 Å². The first-order valence-electron chi connectivity index (χ1n) is 4.97. The molecule has 0 amide bonds. The summed E-state index contributed by atoms with van der Waals surface area (Å²) in [7, 11) is 0. The fraction of sp³-hybridized carbons (Fsp3) is 0.273. The van der Waals surface area contributed by atoms with Gasteiger partial charge in [-0.05, 0) is 31.0 Å². The largest absolute Gasteiger partial charge is 0.368 e. The molecule has 0 radical (unpaired) electrons. The van der Waals surface area contributed by atoms with Gasteiger partial charge in [0.25, 0.3) is 0 Å². The van der Waals surface area contributed by atoms with Crippen LogP contribution in [-0.4, -0.2) is 9.97 Å². The Kier molecular flexibility index (Phi) is 1.83. The number of fused-ring (bicyclic) bond motifs is 1. The van der Waals surface area contributed by atoms with Crippen molar-refractivity contribution in [1.82, 2.24) is 9.97 Å². The van der Waals surface area contributed by atoms with Crippen LogP contribution in [0.2, 0.25) is 5.02 Å². The molecule has 0 saturated heterocycles. The Morgan fingerprint density at radius 2 is 2.07 bits per heavy atom.